The molecule has 0 saturated carbocycles. The van der Waals surface area contributed by atoms with Crippen molar-refractivity contribution in [2.24, 2.45) is 5.92 Å². The topological polar surface area (TPSA) is 22.1 Å². The summed E-state index contributed by atoms with van der Waals surface area (Å²) in [6, 6.07) is 10.1. The molecule has 0 aliphatic heterocycles. The van der Waals surface area contributed by atoms with E-state index in [-0.39, 0.29) is 27.6 Å². The molecule has 0 saturated heterocycles. The second kappa shape index (κ2) is 9.98. The molecule has 4 aromatic rings. The predicted octanol–water partition coefficient (Wildman–Crippen LogP) is 8.82. The average Bonchev–Trinajstić information content (AvgIpc) is 3.22. The number of alkyl halides is 3. The molecule has 3 aromatic carbocycles. The second-order valence-corrected chi connectivity index (χ2v) is 9.84. The Morgan fingerprint density at radius 2 is 1.55 bits per heavy atom. The van der Waals surface area contributed by atoms with Crippen LogP contribution in [0.5, 0.6) is 5.88 Å². The van der Waals surface area contributed by atoms with Crippen LogP contribution in [-0.2, 0) is 25.6 Å². The molecule has 38 heavy (non-hydrogen) atoms. The van der Waals surface area contributed by atoms with Crippen molar-refractivity contribution in [1.29, 1.82) is 0 Å². The summed E-state index contributed by atoms with van der Waals surface area (Å²) < 4.78 is 91.4. The number of nitrogens with zero attached hydrogens (tertiary/aromatic N) is 1. The van der Waals surface area contributed by atoms with Crippen LogP contribution in [0, 0.1) is 23.4 Å². The van der Waals surface area contributed by atoms with Gasteiger partial charge in [0.15, 0.2) is 0 Å². The highest BCUT2D eigenvalue weighted by atomic mass is 35.5. The highest BCUT2D eigenvalue weighted by Crippen LogP contribution is 2.40. The Labute approximate surface area is 219 Å². The number of aromatic nitrogens is 1. The zero-order valence-corrected chi connectivity index (χ0v) is 20.7. The summed E-state index contributed by atoms with van der Waals surface area (Å²) in [4.78, 5) is 4.21. The highest BCUT2D eigenvalue weighted by Gasteiger charge is 2.35. The van der Waals surface area contributed by atoms with Crippen LogP contribution in [0.3, 0.4) is 0 Å². The van der Waals surface area contributed by atoms with Crippen LogP contribution in [0.2, 0.25) is 5.02 Å². The van der Waals surface area contributed by atoms with E-state index in [1.807, 2.05) is 0 Å². The molecule has 1 aromatic heterocycles. The minimum atomic E-state index is -4.96. The third kappa shape index (κ3) is 5.23. The van der Waals surface area contributed by atoms with E-state index in [0.717, 1.165) is 48.2 Å². The number of fused-ring (bicyclic) bond motifs is 1. The first-order valence-electron chi connectivity index (χ1n) is 11.7. The maximum atomic E-state index is 15.2. The molecule has 0 spiro atoms. The molecule has 5 rings (SSSR count). The molecule has 0 unspecified atom stereocenters. The minimum Gasteiger partial charge on any atom is -0.473 e. The minimum absolute atomic E-state index is 0.0281. The number of ether oxygens (including phenoxy) is 1. The molecular formula is C29H20ClF6NO. The van der Waals surface area contributed by atoms with Crippen molar-refractivity contribution in [2.45, 2.75) is 32.5 Å². The average molecular weight is 548 g/mol. The molecule has 196 valence electrons. The predicted molar refractivity (Wildman–Crippen MR) is 132 cm³/mol. The molecule has 1 heterocycles. The third-order valence-corrected chi connectivity index (χ3v) is 6.80. The fourth-order valence-corrected chi connectivity index (χ4v) is 4.90. The maximum Gasteiger partial charge on any atom is 0.417 e. The molecule has 9 heteroatoms. The van der Waals surface area contributed by atoms with Gasteiger partial charge in [-0.05, 0) is 77.4 Å². The van der Waals surface area contributed by atoms with Crippen LogP contribution < -0.4 is 4.74 Å². The van der Waals surface area contributed by atoms with Gasteiger partial charge in [-0.15, -0.1) is 0 Å². The van der Waals surface area contributed by atoms with Gasteiger partial charge in [0.2, 0.25) is 5.88 Å². The molecule has 1 aliphatic carbocycles. The van der Waals surface area contributed by atoms with E-state index >= 15 is 4.39 Å². The van der Waals surface area contributed by atoms with E-state index in [1.54, 1.807) is 12.3 Å². The lowest BCUT2D eigenvalue weighted by Gasteiger charge is -2.17. The largest absolute Gasteiger partial charge is 0.473 e. The zero-order valence-electron chi connectivity index (χ0n) is 20.0. The summed E-state index contributed by atoms with van der Waals surface area (Å²) in [5.74, 6) is -2.20. The summed E-state index contributed by atoms with van der Waals surface area (Å²) >= 11 is 5.76. The molecular weight excluding hydrogens is 528 g/mol. The van der Waals surface area contributed by atoms with Crippen molar-refractivity contribution in [1.82, 2.24) is 4.98 Å². The Morgan fingerprint density at radius 3 is 2.26 bits per heavy atom. The Bertz CT molecular complexity index is 1530. The van der Waals surface area contributed by atoms with Crippen molar-refractivity contribution in [3.63, 3.8) is 0 Å². The number of pyridine rings is 1. The van der Waals surface area contributed by atoms with Crippen molar-refractivity contribution >= 4 is 11.6 Å². The van der Waals surface area contributed by atoms with Gasteiger partial charge in [0.1, 0.15) is 24.1 Å². The van der Waals surface area contributed by atoms with E-state index < -0.39 is 46.9 Å². The summed E-state index contributed by atoms with van der Waals surface area (Å²) in [5, 5.41) is 0.142. The third-order valence-electron chi connectivity index (χ3n) is 6.56. The Hall–Kier alpha value is -3.52. The number of rotatable bonds is 5. The van der Waals surface area contributed by atoms with Crippen molar-refractivity contribution in [3.05, 3.63) is 106 Å². The van der Waals surface area contributed by atoms with Gasteiger partial charge in [0.25, 0.3) is 0 Å². The van der Waals surface area contributed by atoms with Gasteiger partial charge in [-0.3, -0.25) is 0 Å². The van der Waals surface area contributed by atoms with Gasteiger partial charge in [0.05, 0.1) is 5.56 Å². The number of halogens is 7. The van der Waals surface area contributed by atoms with E-state index in [4.69, 9.17) is 16.3 Å². The lowest BCUT2D eigenvalue weighted by molar-refractivity contribution is -0.137. The van der Waals surface area contributed by atoms with Gasteiger partial charge in [0, 0.05) is 34.0 Å². The van der Waals surface area contributed by atoms with Crippen LogP contribution >= 0.6 is 11.6 Å². The Kier molecular flexibility index (Phi) is 6.86. The lowest BCUT2D eigenvalue weighted by atomic mass is 9.94. The normalized spacial score (nSPS) is 15.0. The lowest BCUT2D eigenvalue weighted by Crippen LogP contribution is -2.11. The Morgan fingerprint density at radius 1 is 0.842 bits per heavy atom. The van der Waals surface area contributed by atoms with Crippen LogP contribution in [0.25, 0.3) is 22.3 Å². The smallest absolute Gasteiger partial charge is 0.417 e. The summed E-state index contributed by atoms with van der Waals surface area (Å²) in [5.41, 5.74) is -0.212. The molecule has 1 atom stereocenters. The SMILES string of the molecule is C[C@@H]1Cc2cnc(OCc3cc(-c4ccc(-c5ccc(Cl)cc5F)cc4F)c(C(F)(F)F)cc3F)cc2C1. The monoisotopic (exact) mass is 547 g/mol. The molecule has 0 bridgehead atoms. The zero-order chi connectivity index (χ0) is 27.2. The van der Waals surface area contributed by atoms with Crippen LogP contribution in [0.15, 0.2) is 60.8 Å². The number of hydrogen-bond donors (Lipinski definition) is 0. The summed E-state index contributed by atoms with van der Waals surface area (Å²) in [6.45, 7) is 1.70. The van der Waals surface area contributed by atoms with Gasteiger partial charge < -0.3 is 4.74 Å². The molecule has 2 nitrogen and oxygen atoms in total. The van der Waals surface area contributed by atoms with Crippen LogP contribution in [0.4, 0.5) is 26.3 Å². The highest BCUT2D eigenvalue weighted by molar-refractivity contribution is 6.30. The first kappa shape index (κ1) is 26.1. The van der Waals surface area contributed by atoms with Gasteiger partial charge in [-0.1, -0.05) is 30.7 Å². The molecule has 0 N–H and O–H groups in total. The molecule has 1 aliphatic rings. The first-order chi connectivity index (χ1) is 18.0. The fraction of sp³-hybridized carbons (Fsp3) is 0.207. The maximum absolute atomic E-state index is 15.2. The van der Waals surface area contributed by atoms with Gasteiger partial charge in [-0.2, -0.15) is 13.2 Å². The molecule has 0 fully saturated rings. The summed E-state index contributed by atoms with van der Waals surface area (Å²) in [6.07, 6.45) is -1.53. The summed E-state index contributed by atoms with van der Waals surface area (Å²) in [7, 11) is 0. The van der Waals surface area contributed by atoms with E-state index in [9.17, 15) is 22.0 Å². The van der Waals surface area contributed by atoms with Crippen molar-refractivity contribution in [3.8, 4) is 28.1 Å². The van der Waals surface area contributed by atoms with Crippen molar-refractivity contribution < 1.29 is 31.1 Å². The van der Waals surface area contributed by atoms with E-state index in [2.05, 4.69) is 11.9 Å². The van der Waals surface area contributed by atoms with Crippen LogP contribution in [-0.4, -0.2) is 4.98 Å². The van der Waals surface area contributed by atoms with Gasteiger partial charge >= 0.3 is 6.18 Å². The molecule has 0 radical (unpaired) electrons. The Balaban J connectivity index is 1.50. The fourth-order valence-electron chi connectivity index (χ4n) is 4.74. The number of hydrogen-bond acceptors (Lipinski definition) is 2. The first-order valence-corrected chi connectivity index (χ1v) is 12.1. The second-order valence-electron chi connectivity index (χ2n) is 9.40. The van der Waals surface area contributed by atoms with Crippen LogP contribution in [0.1, 0.15) is 29.2 Å². The molecule has 0 amide bonds. The quantitative estimate of drug-likeness (QED) is 0.233. The number of benzene rings is 3. The van der Waals surface area contributed by atoms with Gasteiger partial charge in [-0.25, -0.2) is 18.2 Å². The van der Waals surface area contributed by atoms with E-state index in [0.29, 0.717) is 12.0 Å². The van der Waals surface area contributed by atoms with E-state index in [1.165, 1.54) is 18.2 Å². The van der Waals surface area contributed by atoms with Crippen molar-refractivity contribution in [2.75, 3.05) is 0 Å². The standard InChI is InChI=1S/C29H20ClF6NO/c1-15-6-17-10-28(37-13-18(17)7-15)38-14-19-8-23(24(12-25(19)31)29(34,35)36)22-4-2-16(9-26(22)32)21-5-3-20(30)11-27(21)33/h2-5,8-13,15H,6-7,14H2,1H3/t15-/m0/s1.